The molecule has 0 saturated carbocycles. The molecular formula is C27H27N3O2S2. The normalized spacial score (nSPS) is 12.8. The molecule has 5 nitrogen and oxygen atoms in total. The molecule has 1 amide bonds. The number of nitrogens with zero attached hydrogens (tertiary/aromatic N) is 2. The van der Waals surface area contributed by atoms with Crippen LogP contribution in [-0.4, -0.2) is 21.2 Å². The zero-order valence-electron chi connectivity index (χ0n) is 19.6. The van der Waals surface area contributed by atoms with E-state index in [0.717, 1.165) is 64.0 Å². The second-order valence-electron chi connectivity index (χ2n) is 8.71. The van der Waals surface area contributed by atoms with E-state index in [-0.39, 0.29) is 17.2 Å². The molecule has 0 aliphatic heterocycles. The summed E-state index contributed by atoms with van der Waals surface area (Å²) in [5, 5.41) is 4.38. The molecule has 4 aromatic rings. The minimum absolute atomic E-state index is 0.0386. The van der Waals surface area contributed by atoms with Crippen LogP contribution in [0.15, 0.2) is 52.4 Å². The number of fused-ring (bicyclic) bond motifs is 3. The van der Waals surface area contributed by atoms with Crippen LogP contribution >= 0.6 is 23.1 Å². The summed E-state index contributed by atoms with van der Waals surface area (Å²) in [6, 6.07) is 13.9. The molecule has 1 N–H and O–H groups in total. The first kappa shape index (κ1) is 22.9. The van der Waals surface area contributed by atoms with Crippen LogP contribution < -0.4 is 10.9 Å². The summed E-state index contributed by atoms with van der Waals surface area (Å²) in [5.74, 6) is 0.0688. The molecule has 0 saturated heterocycles. The van der Waals surface area contributed by atoms with Crippen LogP contribution in [0.3, 0.4) is 0 Å². The third-order valence-corrected chi connectivity index (χ3v) is 8.46. The van der Waals surface area contributed by atoms with Crippen molar-refractivity contribution < 1.29 is 4.79 Å². The Morgan fingerprint density at radius 3 is 2.71 bits per heavy atom. The lowest BCUT2D eigenvalue weighted by Gasteiger charge is -2.14. The van der Waals surface area contributed by atoms with Crippen LogP contribution in [0.2, 0.25) is 0 Å². The summed E-state index contributed by atoms with van der Waals surface area (Å²) >= 11 is 2.94. The van der Waals surface area contributed by atoms with Gasteiger partial charge in [-0.3, -0.25) is 14.2 Å². The fourth-order valence-corrected chi connectivity index (χ4v) is 6.67. The van der Waals surface area contributed by atoms with Crippen LogP contribution in [0.1, 0.15) is 40.5 Å². The number of nitrogens with one attached hydrogen (secondary N) is 1. The maximum absolute atomic E-state index is 13.7. The van der Waals surface area contributed by atoms with Gasteiger partial charge in [0.15, 0.2) is 5.16 Å². The van der Waals surface area contributed by atoms with Gasteiger partial charge in [-0.2, -0.15) is 0 Å². The largest absolute Gasteiger partial charge is 0.325 e. The Hall–Kier alpha value is -2.90. The van der Waals surface area contributed by atoms with E-state index in [1.165, 1.54) is 22.2 Å². The predicted octanol–water partition coefficient (Wildman–Crippen LogP) is 5.85. The van der Waals surface area contributed by atoms with Gasteiger partial charge in [0, 0.05) is 10.6 Å². The van der Waals surface area contributed by atoms with E-state index in [4.69, 9.17) is 4.98 Å². The first-order valence-corrected chi connectivity index (χ1v) is 13.4. The number of aryl methyl sites for hydroxylation is 5. The lowest BCUT2D eigenvalue weighted by Crippen LogP contribution is -2.23. The van der Waals surface area contributed by atoms with Crippen LogP contribution in [-0.2, 0) is 24.1 Å². The summed E-state index contributed by atoms with van der Waals surface area (Å²) in [6.07, 6.45) is 3.89. The third-order valence-electron chi connectivity index (χ3n) is 6.34. The highest BCUT2D eigenvalue weighted by Crippen LogP contribution is 2.36. The first-order chi connectivity index (χ1) is 16.5. The van der Waals surface area contributed by atoms with E-state index in [1.54, 1.807) is 15.9 Å². The van der Waals surface area contributed by atoms with Gasteiger partial charge in [0.25, 0.3) is 5.56 Å². The molecule has 0 atom stereocenters. The summed E-state index contributed by atoms with van der Waals surface area (Å²) in [6.45, 7) is 6.11. The maximum atomic E-state index is 13.7. The standard InChI is InChI=1S/C27H27N3O2S2/c1-4-18-8-5-7-17(3)24(18)28-22(31)15-33-27-29-25-23(20-9-6-10-21(20)34-25)26(32)30(27)19-13-11-16(2)12-14-19/h5,7-8,11-14H,4,6,9-10,15H2,1-3H3,(H,28,31). The zero-order valence-corrected chi connectivity index (χ0v) is 21.2. The Balaban J connectivity index is 1.50. The van der Waals surface area contributed by atoms with Gasteiger partial charge in [0.1, 0.15) is 4.83 Å². The fraction of sp³-hybridized carbons (Fsp3) is 0.296. The number of rotatable bonds is 6. The molecule has 34 heavy (non-hydrogen) atoms. The van der Waals surface area contributed by atoms with E-state index in [2.05, 4.69) is 12.2 Å². The molecule has 0 unspecified atom stereocenters. The van der Waals surface area contributed by atoms with E-state index in [0.29, 0.717) is 5.16 Å². The number of carbonyl (C=O) groups is 1. The molecule has 0 radical (unpaired) electrons. The number of benzene rings is 2. The average molecular weight is 490 g/mol. The van der Waals surface area contributed by atoms with Gasteiger partial charge in [-0.1, -0.05) is 54.6 Å². The van der Waals surface area contributed by atoms with Gasteiger partial charge in [-0.25, -0.2) is 4.98 Å². The monoisotopic (exact) mass is 489 g/mol. The van der Waals surface area contributed by atoms with Gasteiger partial charge in [0.2, 0.25) is 5.91 Å². The van der Waals surface area contributed by atoms with Gasteiger partial charge >= 0.3 is 0 Å². The van der Waals surface area contributed by atoms with Crippen LogP contribution in [0.25, 0.3) is 15.9 Å². The molecule has 1 aliphatic carbocycles. The number of thioether (sulfide) groups is 1. The zero-order chi connectivity index (χ0) is 23.8. The molecule has 7 heteroatoms. The number of aromatic nitrogens is 2. The Labute approximate surface area is 207 Å². The molecule has 2 aromatic heterocycles. The SMILES string of the molecule is CCc1cccc(C)c1NC(=O)CSc1nc2sc3c(c2c(=O)n1-c1ccc(C)cc1)CCC3. The van der Waals surface area contributed by atoms with Crippen molar-refractivity contribution in [2.75, 3.05) is 11.1 Å². The van der Waals surface area contributed by atoms with Crippen LogP contribution in [0, 0.1) is 13.8 Å². The topological polar surface area (TPSA) is 64.0 Å². The molecule has 5 rings (SSSR count). The second-order valence-corrected chi connectivity index (χ2v) is 10.7. The van der Waals surface area contributed by atoms with Gasteiger partial charge in [0.05, 0.1) is 16.8 Å². The van der Waals surface area contributed by atoms with Crippen molar-refractivity contribution in [2.45, 2.75) is 51.6 Å². The van der Waals surface area contributed by atoms with Crippen LogP contribution in [0.5, 0.6) is 0 Å². The van der Waals surface area contributed by atoms with Gasteiger partial charge in [-0.05, 0) is 68.4 Å². The van der Waals surface area contributed by atoms with Crippen molar-refractivity contribution in [3.05, 3.63) is 79.9 Å². The maximum Gasteiger partial charge on any atom is 0.267 e. The minimum Gasteiger partial charge on any atom is -0.325 e. The number of anilines is 1. The molecule has 2 aromatic carbocycles. The molecule has 1 aliphatic rings. The lowest BCUT2D eigenvalue weighted by atomic mass is 10.1. The summed E-state index contributed by atoms with van der Waals surface area (Å²) < 4.78 is 1.68. The van der Waals surface area contributed by atoms with E-state index >= 15 is 0 Å². The number of hydrogen-bond donors (Lipinski definition) is 1. The van der Waals surface area contributed by atoms with Crippen LogP contribution in [0.4, 0.5) is 5.69 Å². The average Bonchev–Trinajstić information content (AvgIpc) is 3.41. The minimum atomic E-state index is -0.104. The molecule has 0 fully saturated rings. The summed E-state index contributed by atoms with van der Waals surface area (Å²) in [4.78, 5) is 33.6. The Bertz CT molecular complexity index is 1450. The Morgan fingerprint density at radius 1 is 1.15 bits per heavy atom. The number of carbonyl (C=O) groups excluding carboxylic acids is 1. The van der Waals surface area contributed by atoms with Gasteiger partial charge < -0.3 is 5.32 Å². The highest BCUT2D eigenvalue weighted by Gasteiger charge is 2.24. The van der Waals surface area contributed by atoms with E-state index in [1.807, 2.05) is 56.3 Å². The molecule has 0 spiro atoms. The van der Waals surface area contributed by atoms with Crippen molar-refractivity contribution >= 4 is 44.9 Å². The van der Waals surface area contributed by atoms with Crippen molar-refractivity contribution in [1.29, 1.82) is 0 Å². The van der Waals surface area contributed by atoms with Gasteiger partial charge in [-0.15, -0.1) is 11.3 Å². The molecular weight excluding hydrogens is 462 g/mol. The quantitative estimate of drug-likeness (QED) is 0.273. The molecule has 2 heterocycles. The number of para-hydroxylation sites is 1. The highest BCUT2D eigenvalue weighted by atomic mass is 32.2. The summed E-state index contributed by atoms with van der Waals surface area (Å²) in [5.41, 5.74) is 6.07. The Kier molecular flexibility index (Phi) is 6.32. The van der Waals surface area contributed by atoms with E-state index in [9.17, 15) is 9.59 Å². The predicted molar refractivity (Wildman–Crippen MR) is 142 cm³/mol. The lowest BCUT2D eigenvalue weighted by molar-refractivity contribution is -0.113. The van der Waals surface area contributed by atoms with Crippen molar-refractivity contribution in [3.8, 4) is 5.69 Å². The summed E-state index contributed by atoms with van der Waals surface area (Å²) in [7, 11) is 0. The first-order valence-electron chi connectivity index (χ1n) is 11.6. The molecule has 174 valence electrons. The smallest absolute Gasteiger partial charge is 0.267 e. The number of thiophene rings is 1. The van der Waals surface area contributed by atoms with E-state index < -0.39 is 0 Å². The Morgan fingerprint density at radius 2 is 1.94 bits per heavy atom. The highest BCUT2D eigenvalue weighted by molar-refractivity contribution is 7.99. The van der Waals surface area contributed by atoms with Crippen molar-refractivity contribution in [2.24, 2.45) is 0 Å². The number of hydrogen-bond acceptors (Lipinski definition) is 5. The second kappa shape index (κ2) is 9.39. The van der Waals surface area contributed by atoms with Crippen molar-refractivity contribution in [1.82, 2.24) is 9.55 Å². The fourth-order valence-electron chi connectivity index (χ4n) is 4.55. The third kappa shape index (κ3) is 4.18. The van der Waals surface area contributed by atoms with Crippen molar-refractivity contribution in [3.63, 3.8) is 0 Å². The molecule has 0 bridgehead atoms. The number of amides is 1.